The van der Waals surface area contributed by atoms with Crippen LogP contribution in [0, 0.1) is 0 Å². The van der Waals surface area contributed by atoms with Crippen LogP contribution >= 0.6 is 11.6 Å². The van der Waals surface area contributed by atoms with Crippen molar-refractivity contribution in [2.45, 2.75) is 10.6 Å². The molecule has 0 spiro atoms. The molecule has 0 bridgehead atoms. The smallest absolute Gasteiger partial charge is 0.186 e. The molecule has 1 heterocycles. The van der Waals surface area contributed by atoms with Crippen LogP contribution < -0.4 is 9.47 Å². The van der Waals surface area contributed by atoms with Gasteiger partial charge in [-0.2, -0.15) is 0 Å². The van der Waals surface area contributed by atoms with Crippen molar-refractivity contribution in [2.24, 2.45) is 0 Å². The van der Waals surface area contributed by atoms with Crippen molar-refractivity contribution in [1.82, 2.24) is 4.98 Å². The Labute approximate surface area is 163 Å². The van der Waals surface area contributed by atoms with Gasteiger partial charge in [0.25, 0.3) is 0 Å². The third kappa shape index (κ3) is 4.23. The number of rotatable bonds is 6. The van der Waals surface area contributed by atoms with Gasteiger partial charge in [-0.25, -0.2) is 8.42 Å². The molecule has 0 amide bonds. The van der Waals surface area contributed by atoms with E-state index < -0.39 is 9.84 Å². The van der Waals surface area contributed by atoms with Gasteiger partial charge in [-0.15, -0.1) is 0 Å². The van der Waals surface area contributed by atoms with Crippen molar-refractivity contribution in [2.75, 3.05) is 14.2 Å². The minimum Gasteiger partial charge on any atom is -0.496 e. The molecule has 0 atom stereocenters. The van der Waals surface area contributed by atoms with Crippen LogP contribution in [0.4, 0.5) is 0 Å². The van der Waals surface area contributed by atoms with Crippen LogP contribution in [0.3, 0.4) is 0 Å². The summed E-state index contributed by atoms with van der Waals surface area (Å²) in [5.74, 6) is 0.726. The van der Waals surface area contributed by atoms with E-state index in [4.69, 9.17) is 21.1 Å². The normalized spacial score (nSPS) is 11.2. The van der Waals surface area contributed by atoms with E-state index in [9.17, 15) is 8.42 Å². The second-order valence-corrected chi connectivity index (χ2v) is 8.23. The molecule has 0 aliphatic carbocycles. The van der Waals surface area contributed by atoms with Crippen LogP contribution in [0.15, 0.2) is 65.8 Å². The van der Waals surface area contributed by atoms with Gasteiger partial charge in [0.1, 0.15) is 16.4 Å². The predicted molar refractivity (Wildman–Crippen MR) is 105 cm³/mol. The molecule has 0 unspecified atom stereocenters. The second kappa shape index (κ2) is 7.98. The SMILES string of the molecule is COc1ccccc1-c1cncc(CS(=O)(=O)c2cc(Cl)ccc2OC)c1. The minimum absolute atomic E-state index is 0.0557. The summed E-state index contributed by atoms with van der Waals surface area (Å²) in [5.41, 5.74) is 2.17. The number of methoxy groups -OCH3 is 2. The van der Waals surface area contributed by atoms with Gasteiger partial charge in [0.15, 0.2) is 9.84 Å². The van der Waals surface area contributed by atoms with Gasteiger partial charge in [0.05, 0.1) is 20.0 Å². The van der Waals surface area contributed by atoms with Crippen LogP contribution in [0.1, 0.15) is 5.56 Å². The van der Waals surface area contributed by atoms with Gasteiger partial charge in [-0.1, -0.05) is 29.8 Å². The Bertz CT molecular complexity index is 1070. The summed E-state index contributed by atoms with van der Waals surface area (Å²) < 4.78 is 36.4. The van der Waals surface area contributed by atoms with E-state index in [0.717, 1.165) is 11.1 Å². The van der Waals surface area contributed by atoms with Crippen molar-refractivity contribution in [1.29, 1.82) is 0 Å². The third-order valence-corrected chi connectivity index (χ3v) is 5.97. The van der Waals surface area contributed by atoms with Gasteiger partial charge in [-0.05, 0) is 35.9 Å². The van der Waals surface area contributed by atoms with E-state index in [0.29, 0.717) is 16.3 Å². The number of ether oxygens (including phenoxy) is 2. The van der Waals surface area contributed by atoms with Gasteiger partial charge < -0.3 is 9.47 Å². The van der Waals surface area contributed by atoms with Crippen molar-refractivity contribution >= 4 is 21.4 Å². The van der Waals surface area contributed by atoms with Crippen LogP contribution in [-0.4, -0.2) is 27.6 Å². The van der Waals surface area contributed by atoms with Gasteiger partial charge >= 0.3 is 0 Å². The number of hydrogen-bond donors (Lipinski definition) is 0. The van der Waals surface area contributed by atoms with Crippen molar-refractivity contribution in [3.63, 3.8) is 0 Å². The average molecular weight is 404 g/mol. The summed E-state index contributed by atoms with van der Waals surface area (Å²) in [7, 11) is -0.662. The van der Waals surface area contributed by atoms with Crippen molar-refractivity contribution in [3.05, 3.63) is 71.5 Å². The van der Waals surface area contributed by atoms with Crippen molar-refractivity contribution < 1.29 is 17.9 Å². The summed E-state index contributed by atoms with van der Waals surface area (Å²) in [6, 6.07) is 13.8. The van der Waals surface area contributed by atoms with Crippen LogP contribution in [0.25, 0.3) is 11.1 Å². The summed E-state index contributed by atoms with van der Waals surface area (Å²) in [5, 5.41) is 0.329. The molecular weight excluding hydrogens is 386 g/mol. The molecule has 0 aliphatic heterocycles. The molecule has 2 aromatic carbocycles. The van der Waals surface area contributed by atoms with Gasteiger partial charge in [0.2, 0.25) is 0 Å². The molecular formula is C20H18ClNO4S. The standard InChI is InChI=1S/C20H18ClNO4S/c1-25-18-6-4-3-5-17(18)15-9-14(11-22-12-15)13-27(23,24)20-10-16(21)7-8-19(20)26-2/h3-12H,13H2,1-2H3. The first-order valence-corrected chi connectivity index (χ1v) is 10.1. The maximum atomic E-state index is 12.9. The first-order valence-electron chi connectivity index (χ1n) is 8.08. The highest BCUT2D eigenvalue weighted by Gasteiger charge is 2.21. The molecule has 0 N–H and O–H groups in total. The van der Waals surface area contributed by atoms with Gasteiger partial charge in [-0.3, -0.25) is 4.98 Å². The summed E-state index contributed by atoms with van der Waals surface area (Å²) >= 11 is 5.98. The Kier molecular flexibility index (Phi) is 5.68. The first-order chi connectivity index (χ1) is 12.9. The van der Waals surface area contributed by atoms with Crippen LogP contribution in [0.5, 0.6) is 11.5 Å². The first kappa shape index (κ1) is 19.2. The molecule has 0 saturated carbocycles. The molecule has 3 rings (SSSR count). The number of aromatic nitrogens is 1. The second-order valence-electron chi connectivity index (χ2n) is 5.84. The Morgan fingerprint density at radius 2 is 1.70 bits per heavy atom. The molecule has 5 nitrogen and oxygen atoms in total. The lowest BCUT2D eigenvalue weighted by Gasteiger charge is -2.12. The van der Waals surface area contributed by atoms with E-state index in [1.807, 2.05) is 24.3 Å². The quantitative estimate of drug-likeness (QED) is 0.610. The maximum Gasteiger partial charge on any atom is 0.186 e. The lowest BCUT2D eigenvalue weighted by molar-refractivity contribution is 0.402. The number of benzene rings is 2. The fourth-order valence-electron chi connectivity index (χ4n) is 2.79. The third-order valence-electron chi connectivity index (χ3n) is 4.03. The zero-order chi connectivity index (χ0) is 19.4. The Balaban J connectivity index is 1.98. The Morgan fingerprint density at radius 1 is 0.963 bits per heavy atom. The fraction of sp³-hybridized carbons (Fsp3) is 0.150. The topological polar surface area (TPSA) is 65.5 Å². The highest BCUT2D eigenvalue weighted by molar-refractivity contribution is 7.90. The van der Waals surface area contributed by atoms with Crippen LogP contribution in [0.2, 0.25) is 5.02 Å². The zero-order valence-corrected chi connectivity index (χ0v) is 16.4. The molecule has 3 aromatic rings. The molecule has 140 valence electrons. The number of halogens is 1. The average Bonchev–Trinajstić information content (AvgIpc) is 2.67. The van der Waals surface area contributed by atoms with E-state index in [-0.39, 0.29) is 16.4 Å². The minimum atomic E-state index is -3.67. The largest absolute Gasteiger partial charge is 0.496 e. The van der Waals surface area contributed by atoms with E-state index >= 15 is 0 Å². The maximum absolute atomic E-state index is 12.9. The monoisotopic (exact) mass is 403 g/mol. The number of nitrogens with zero attached hydrogens (tertiary/aromatic N) is 1. The molecule has 7 heteroatoms. The van der Waals surface area contributed by atoms with E-state index in [2.05, 4.69) is 4.98 Å². The van der Waals surface area contributed by atoms with Crippen molar-refractivity contribution in [3.8, 4) is 22.6 Å². The number of para-hydroxylation sites is 1. The predicted octanol–water partition coefficient (Wildman–Crippen LogP) is 4.39. The lowest BCUT2D eigenvalue weighted by atomic mass is 10.1. The summed E-state index contributed by atoms with van der Waals surface area (Å²) in [6.07, 6.45) is 3.21. The van der Waals surface area contributed by atoms with Gasteiger partial charge in [0, 0.05) is 28.5 Å². The lowest BCUT2D eigenvalue weighted by Crippen LogP contribution is -2.07. The number of sulfone groups is 1. The highest BCUT2D eigenvalue weighted by atomic mass is 35.5. The molecule has 0 aliphatic rings. The fourth-order valence-corrected chi connectivity index (χ4v) is 4.54. The molecule has 27 heavy (non-hydrogen) atoms. The highest BCUT2D eigenvalue weighted by Crippen LogP contribution is 2.32. The van der Waals surface area contributed by atoms with E-state index in [1.54, 1.807) is 31.5 Å². The molecule has 1 aromatic heterocycles. The van der Waals surface area contributed by atoms with E-state index in [1.165, 1.54) is 19.4 Å². The molecule has 0 radical (unpaired) electrons. The molecule has 0 saturated heterocycles. The van der Waals surface area contributed by atoms with Crippen LogP contribution in [-0.2, 0) is 15.6 Å². The summed E-state index contributed by atoms with van der Waals surface area (Å²) in [6.45, 7) is 0. The Morgan fingerprint density at radius 3 is 2.44 bits per heavy atom. The zero-order valence-electron chi connectivity index (χ0n) is 14.8. The number of hydrogen-bond acceptors (Lipinski definition) is 5. The number of pyridine rings is 1. The summed E-state index contributed by atoms with van der Waals surface area (Å²) in [4.78, 5) is 4.25. The Hall–Kier alpha value is -2.57. The molecule has 0 fully saturated rings.